The van der Waals surface area contributed by atoms with Gasteiger partial charge in [0.1, 0.15) is 0 Å². The molecule has 1 fully saturated rings. The third-order valence-electron chi connectivity index (χ3n) is 2.95. The highest BCUT2D eigenvalue weighted by Crippen LogP contribution is 2.24. The molecule has 1 aliphatic heterocycles. The number of rotatable bonds is 4. The van der Waals surface area contributed by atoms with Gasteiger partial charge in [0.25, 0.3) is 0 Å². The second kappa shape index (κ2) is 5.36. The van der Waals surface area contributed by atoms with E-state index in [1.54, 1.807) is 11.3 Å². The lowest BCUT2D eigenvalue weighted by Gasteiger charge is -2.19. The molecule has 1 N–H and O–H groups in total. The minimum atomic E-state index is 0.202. The van der Waals surface area contributed by atoms with Crippen LogP contribution in [0.5, 0.6) is 0 Å². The highest BCUT2D eigenvalue weighted by atomic mass is 32.1. The maximum atomic E-state index is 4.72. The van der Waals surface area contributed by atoms with Crippen LogP contribution in [0.3, 0.4) is 0 Å². The van der Waals surface area contributed by atoms with Crippen molar-refractivity contribution in [2.75, 3.05) is 24.5 Å². The first-order valence-electron chi connectivity index (χ1n) is 6.49. The zero-order chi connectivity index (χ0) is 12.3. The standard InChI is InChI=1S/C13H23N3S/c1-13(2,3)14-7-6-11-10-17-12(15-11)16-8-4-5-9-16/h10,14H,4-9H2,1-3H3. The molecule has 4 heteroatoms. The molecule has 17 heavy (non-hydrogen) atoms. The maximum Gasteiger partial charge on any atom is 0.185 e. The summed E-state index contributed by atoms with van der Waals surface area (Å²) in [5.41, 5.74) is 1.43. The Hall–Kier alpha value is -0.610. The molecule has 0 saturated carbocycles. The van der Waals surface area contributed by atoms with Gasteiger partial charge in [0, 0.05) is 37.0 Å². The number of thiazole rings is 1. The molecule has 1 aromatic heterocycles. The highest BCUT2D eigenvalue weighted by molar-refractivity contribution is 7.13. The largest absolute Gasteiger partial charge is 0.348 e. The van der Waals surface area contributed by atoms with E-state index in [1.807, 2.05) is 0 Å². The quantitative estimate of drug-likeness (QED) is 0.894. The van der Waals surface area contributed by atoms with Crippen LogP contribution in [0, 0.1) is 0 Å². The zero-order valence-electron chi connectivity index (χ0n) is 11.1. The summed E-state index contributed by atoms with van der Waals surface area (Å²) in [5.74, 6) is 0. The first kappa shape index (κ1) is 12.8. The van der Waals surface area contributed by atoms with Crippen LogP contribution in [-0.4, -0.2) is 30.2 Å². The van der Waals surface area contributed by atoms with E-state index in [2.05, 4.69) is 36.4 Å². The van der Waals surface area contributed by atoms with Gasteiger partial charge in [-0.1, -0.05) is 0 Å². The normalized spacial score (nSPS) is 16.8. The van der Waals surface area contributed by atoms with E-state index >= 15 is 0 Å². The number of nitrogens with one attached hydrogen (secondary N) is 1. The summed E-state index contributed by atoms with van der Waals surface area (Å²) in [6.45, 7) is 9.98. The fraction of sp³-hybridized carbons (Fsp3) is 0.769. The van der Waals surface area contributed by atoms with Gasteiger partial charge in [-0.05, 0) is 33.6 Å². The van der Waals surface area contributed by atoms with E-state index < -0.39 is 0 Å². The van der Waals surface area contributed by atoms with Crippen LogP contribution in [0.4, 0.5) is 5.13 Å². The van der Waals surface area contributed by atoms with Gasteiger partial charge in [-0.15, -0.1) is 11.3 Å². The van der Waals surface area contributed by atoms with E-state index in [-0.39, 0.29) is 5.54 Å². The molecule has 1 saturated heterocycles. The monoisotopic (exact) mass is 253 g/mol. The van der Waals surface area contributed by atoms with Crippen molar-refractivity contribution >= 4 is 16.5 Å². The van der Waals surface area contributed by atoms with Crippen molar-refractivity contribution < 1.29 is 0 Å². The van der Waals surface area contributed by atoms with Crippen molar-refractivity contribution in [2.45, 2.75) is 45.6 Å². The summed E-state index contributed by atoms with van der Waals surface area (Å²) in [5, 5.41) is 6.92. The Morgan fingerprint density at radius 2 is 2.06 bits per heavy atom. The molecule has 96 valence electrons. The van der Waals surface area contributed by atoms with E-state index in [1.165, 1.54) is 36.8 Å². The zero-order valence-corrected chi connectivity index (χ0v) is 11.9. The smallest absolute Gasteiger partial charge is 0.185 e. The minimum absolute atomic E-state index is 0.202. The second-order valence-corrected chi connectivity index (χ2v) is 6.58. The minimum Gasteiger partial charge on any atom is -0.348 e. The number of hydrogen-bond acceptors (Lipinski definition) is 4. The molecule has 0 bridgehead atoms. The average Bonchev–Trinajstić information content (AvgIpc) is 2.83. The molecular formula is C13H23N3S. The molecule has 1 aromatic rings. The molecule has 1 aliphatic rings. The Kier molecular flexibility index (Phi) is 4.05. The van der Waals surface area contributed by atoms with Gasteiger partial charge in [0.15, 0.2) is 5.13 Å². The van der Waals surface area contributed by atoms with Gasteiger partial charge in [0.05, 0.1) is 5.69 Å². The fourth-order valence-electron chi connectivity index (χ4n) is 2.03. The number of hydrogen-bond donors (Lipinski definition) is 1. The summed E-state index contributed by atoms with van der Waals surface area (Å²) < 4.78 is 0. The van der Waals surface area contributed by atoms with Crippen LogP contribution < -0.4 is 10.2 Å². The van der Waals surface area contributed by atoms with Crippen molar-refractivity contribution in [3.05, 3.63) is 11.1 Å². The van der Waals surface area contributed by atoms with Crippen molar-refractivity contribution in [1.29, 1.82) is 0 Å². The third-order valence-corrected chi connectivity index (χ3v) is 3.90. The van der Waals surface area contributed by atoms with Gasteiger partial charge >= 0.3 is 0 Å². The SMILES string of the molecule is CC(C)(C)NCCc1csc(N2CCCC2)n1. The number of anilines is 1. The Bertz CT molecular complexity index is 348. The molecule has 0 amide bonds. The molecule has 2 rings (SSSR count). The lowest BCUT2D eigenvalue weighted by Crippen LogP contribution is -2.37. The molecule has 3 nitrogen and oxygen atoms in total. The van der Waals surface area contributed by atoms with E-state index in [0.717, 1.165) is 13.0 Å². The molecule has 0 spiro atoms. The third kappa shape index (κ3) is 3.96. The van der Waals surface area contributed by atoms with Gasteiger partial charge < -0.3 is 10.2 Å². The Morgan fingerprint density at radius 3 is 2.71 bits per heavy atom. The van der Waals surface area contributed by atoms with E-state index in [4.69, 9.17) is 4.98 Å². The first-order chi connectivity index (χ1) is 8.04. The van der Waals surface area contributed by atoms with Gasteiger partial charge in [-0.3, -0.25) is 0 Å². The molecule has 0 aliphatic carbocycles. The van der Waals surface area contributed by atoms with E-state index in [9.17, 15) is 0 Å². The first-order valence-corrected chi connectivity index (χ1v) is 7.37. The van der Waals surface area contributed by atoms with Crippen LogP contribution >= 0.6 is 11.3 Å². The number of aromatic nitrogens is 1. The summed E-state index contributed by atoms with van der Waals surface area (Å²) in [6, 6.07) is 0. The average molecular weight is 253 g/mol. The molecular weight excluding hydrogens is 230 g/mol. The molecule has 0 aromatic carbocycles. The Labute approximate surface area is 108 Å². The summed E-state index contributed by atoms with van der Waals surface area (Å²) in [4.78, 5) is 7.12. The molecule has 0 unspecified atom stereocenters. The van der Waals surface area contributed by atoms with Crippen LogP contribution in [-0.2, 0) is 6.42 Å². The summed E-state index contributed by atoms with van der Waals surface area (Å²) >= 11 is 1.79. The lowest BCUT2D eigenvalue weighted by atomic mass is 10.1. The van der Waals surface area contributed by atoms with Crippen LogP contribution in [0.25, 0.3) is 0 Å². The fourth-order valence-corrected chi connectivity index (χ4v) is 2.94. The Balaban J connectivity index is 1.81. The molecule has 0 radical (unpaired) electrons. The lowest BCUT2D eigenvalue weighted by molar-refractivity contribution is 0.429. The van der Waals surface area contributed by atoms with Crippen molar-refractivity contribution in [3.8, 4) is 0 Å². The van der Waals surface area contributed by atoms with Gasteiger partial charge in [-0.25, -0.2) is 4.98 Å². The summed E-state index contributed by atoms with van der Waals surface area (Å²) in [7, 11) is 0. The summed E-state index contributed by atoms with van der Waals surface area (Å²) in [6.07, 6.45) is 3.67. The van der Waals surface area contributed by atoms with Crippen LogP contribution in [0.2, 0.25) is 0 Å². The van der Waals surface area contributed by atoms with Crippen LogP contribution in [0.15, 0.2) is 5.38 Å². The van der Waals surface area contributed by atoms with Crippen molar-refractivity contribution in [3.63, 3.8) is 0 Å². The van der Waals surface area contributed by atoms with Crippen molar-refractivity contribution in [2.24, 2.45) is 0 Å². The highest BCUT2D eigenvalue weighted by Gasteiger charge is 2.15. The molecule has 0 atom stereocenters. The number of nitrogens with zero attached hydrogens (tertiary/aromatic N) is 2. The van der Waals surface area contributed by atoms with Gasteiger partial charge in [-0.2, -0.15) is 0 Å². The van der Waals surface area contributed by atoms with E-state index in [0.29, 0.717) is 0 Å². The Morgan fingerprint density at radius 1 is 1.35 bits per heavy atom. The topological polar surface area (TPSA) is 28.2 Å². The predicted molar refractivity (Wildman–Crippen MR) is 75.0 cm³/mol. The van der Waals surface area contributed by atoms with Crippen LogP contribution in [0.1, 0.15) is 39.3 Å². The van der Waals surface area contributed by atoms with Crippen molar-refractivity contribution in [1.82, 2.24) is 10.3 Å². The predicted octanol–water partition coefficient (Wildman–Crippen LogP) is 2.67. The van der Waals surface area contributed by atoms with Gasteiger partial charge in [0.2, 0.25) is 0 Å². The maximum absolute atomic E-state index is 4.72. The second-order valence-electron chi connectivity index (χ2n) is 5.74. The molecule has 2 heterocycles.